The average Bonchev–Trinajstić information content (AvgIpc) is 3.37. The molecule has 1 aromatic heterocycles. The van der Waals surface area contributed by atoms with E-state index in [0.717, 1.165) is 19.4 Å². The number of hydrogen-bond donors (Lipinski definition) is 0. The average molecular weight is 412 g/mol. The van der Waals surface area contributed by atoms with Crippen molar-refractivity contribution in [2.24, 2.45) is 17.8 Å². The standard InChI is InChI=1S/C23H29N3O4/c1-3-15(4-2)11-26-14-23-8-7-18(30-23)19(20(23)22(26)28)21(27)25-12-17(13-25)29-16-6-5-9-24-10-16/h5-10,15,17-20H,3-4,11-14H2,1-2H3. The molecule has 5 rings (SSSR count). The van der Waals surface area contributed by atoms with Crippen LogP contribution in [0.3, 0.4) is 0 Å². The number of fused-ring (bicyclic) bond motifs is 1. The lowest BCUT2D eigenvalue weighted by Crippen LogP contribution is -2.59. The van der Waals surface area contributed by atoms with Crippen LogP contribution in [0.2, 0.25) is 0 Å². The van der Waals surface area contributed by atoms with E-state index in [2.05, 4.69) is 18.8 Å². The minimum absolute atomic E-state index is 0.0139. The predicted molar refractivity (Wildman–Crippen MR) is 110 cm³/mol. The molecular weight excluding hydrogens is 382 g/mol. The van der Waals surface area contributed by atoms with Crippen molar-refractivity contribution in [1.82, 2.24) is 14.8 Å². The van der Waals surface area contributed by atoms with Crippen LogP contribution in [-0.2, 0) is 14.3 Å². The summed E-state index contributed by atoms with van der Waals surface area (Å²) in [5, 5.41) is 0. The zero-order valence-corrected chi connectivity index (χ0v) is 17.6. The Kier molecular flexibility index (Phi) is 4.81. The maximum absolute atomic E-state index is 13.3. The molecule has 4 atom stereocenters. The highest BCUT2D eigenvalue weighted by Crippen LogP contribution is 2.52. The van der Waals surface area contributed by atoms with Gasteiger partial charge in [0.05, 0.1) is 43.8 Å². The molecule has 3 saturated heterocycles. The molecule has 7 nitrogen and oxygen atoms in total. The van der Waals surface area contributed by atoms with Gasteiger partial charge in [-0.05, 0) is 18.1 Å². The molecule has 0 radical (unpaired) electrons. The van der Waals surface area contributed by atoms with Gasteiger partial charge in [-0.25, -0.2) is 0 Å². The molecule has 160 valence electrons. The highest BCUT2D eigenvalue weighted by atomic mass is 16.5. The number of aromatic nitrogens is 1. The van der Waals surface area contributed by atoms with Gasteiger partial charge in [-0.3, -0.25) is 14.6 Å². The van der Waals surface area contributed by atoms with Crippen molar-refractivity contribution in [1.29, 1.82) is 0 Å². The fourth-order valence-corrected chi connectivity index (χ4v) is 5.39. The largest absolute Gasteiger partial charge is 0.485 e. The lowest BCUT2D eigenvalue weighted by atomic mass is 9.76. The first-order chi connectivity index (χ1) is 14.5. The van der Waals surface area contributed by atoms with Crippen LogP contribution in [0.25, 0.3) is 0 Å². The third kappa shape index (κ3) is 3.02. The number of pyridine rings is 1. The van der Waals surface area contributed by atoms with Gasteiger partial charge in [0.1, 0.15) is 17.5 Å². The van der Waals surface area contributed by atoms with Crippen molar-refractivity contribution in [3.63, 3.8) is 0 Å². The van der Waals surface area contributed by atoms with E-state index >= 15 is 0 Å². The van der Waals surface area contributed by atoms with Gasteiger partial charge in [0.15, 0.2) is 0 Å². The van der Waals surface area contributed by atoms with E-state index in [1.54, 1.807) is 17.3 Å². The molecule has 4 unspecified atom stereocenters. The number of ether oxygens (including phenoxy) is 2. The van der Waals surface area contributed by atoms with Gasteiger partial charge in [0.25, 0.3) is 0 Å². The van der Waals surface area contributed by atoms with Gasteiger partial charge < -0.3 is 19.3 Å². The highest BCUT2D eigenvalue weighted by molar-refractivity contribution is 5.93. The summed E-state index contributed by atoms with van der Waals surface area (Å²) in [4.78, 5) is 34.4. The monoisotopic (exact) mass is 411 g/mol. The van der Waals surface area contributed by atoms with E-state index in [1.165, 1.54) is 0 Å². The van der Waals surface area contributed by atoms with Crippen LogP contribution in [0.1, 0.15) is 26.7 Å². The Morgan fingerprint density at radius 1 is 1.37 bits per heavy atom. The molecule has 0 N–H and O–H groups in total. The Balaban J connectivity index is 1.25. The van der Waals surface area contributed by atoms with E-state index in [0.29, 0.717) is 31.3 Å². The molecule has 2 bridgehead atoms. The Morgan fingerprint density at radius 3 is 2.87 bits per heavy atom. The molecule has 30 heavy (non-hydrogen) atoms. The topological polar surface area (TPSA) is 72.0 Å². The van der Waals surface area contributed by atoms with Crippen LogP contribution in [-0.4, -0.2) is 70.6 Å². The van der Waals surface area contributed by atoms with E-state index in [9.17, 15) is 9.59 Å². The van der Waals surface area contributed by atoms with Crippen LogP contribution in [0.15, 0.2) is 36.7 Å². The minimum Gasteiger partial charge on any atom is -0.485 e. The molecule has 1 aromatic rings. The van der Waals surface area contributed by atoms with Crippen molar-refractivity contribution >= 4 is 11.8 Å². The Labute approximate surface area is 177 Å². The van der Waals surface area contributed by atoms with Crippen molar-refractivity contribution in [3.8, 4) is 5.75 Å². The predicted octanol–water partition coefficient (Wildman–Crippen LogP) is 1.89. The van der Waals surface area contributed by atoms with E-state index in [-0.39, 0.29) is 24.0 Å². The maximum Gasteiger partial charge on any atom is 0.230 e. The third-order valence-electron chi connectivity index (χ3n) is 7.19. The number of nitrogens with zero attached hydrogens (tertiary/aromatic N) is 3. The fourth-order valence-electron chi connectivity index (χ4n) is 5.39. The summed E-state index contributed by atoms with van der Waals surface area (Å²) in [5.41, 5.74) is -0.620. The first-order valence-electron chi connectivity index (χ1n) is 11.1. The quantitative estimate of drug-likeness (QED) is 0.641. The van der Waals surface area contributed by atoms with Crippen LogP contribution in [0.4, 0.5) is 0 Å². The second-order valence-corrected chi connectivity index (χ2v) is 8.97. The third-order valence-corrected chi connectivity index (χ3v) is 7.19. The molecule has 0 aliphatic carbocycles. The van der Waals surface area contributed by atoms with E-state index in [1.807, 2.05) is 29.2 Å². The zero-order chi connectivity index (χ0) is 20.9. The highest BCUT2D eigenvalue weighted by Gasteiger charge is 2.67. The van der Waals surface area contributed by atoms with Crippen LogP contribution in [0.5, 0.6) is 5.75 Å². The summed E-state index contributed by atoms with van der Waals surface area (Å²) in [7, 11) is 0. The molecule has 2 amide bonds. The molecule has 4 aliphatic rings. The SMILES string of the molecule is CCC(CC)CN1CC23C=CC(O2)C(C(=O)N2CC(Oc4cccnc4)C2)C3C1=O. The van der Waals surface area contributed by atoms with E-state index < -0.39 is 17.4 Å². The molecule has 3 fully saturated rings. The Hall–Kier alpha value is -2.41. The van der Waals surface area contributed by atoms with Crippen LogP contribution >= 0.6 is 0 Å². The lowest BCUT2D eigenvalue weighted by Gasteiger charge is -2.41. The summed E-state index contributed by atoms with van der Waals surface area (Å²) in [6.45, 7) is 6.71. The zero-order valence-electron chi connectivity index (χ0n) is 17.6. The summed E-state index contributed by atoms with van der Waals surface area (Å²) < 4.78 is 12.1. The summed E-state index contributed by atoms with van der Waals surface area (Å²) >= 11 is 0. The molecule has 4 aliphatic heterocycles. The number of carbonyl (C=O) groups is 2. The van der Waals surface area contributed by atoms with Crippen LogP contribution in [0, 0.1) is 17.8 Å². The molecular formula is C23H29N3O4. The molecule has 5 heterocycles. The minimum atomic E-state index is -0.620. The number of amides is 2. The van der Waals surface area contributed by atoms with Gasteiger partial charge in [0, 0.05) is 12.7 Å². The van der Waals surface area contributed by atoms with Crippen molar-refractivity contribution < 1.29 is 19.1 Å². The lowest BCUT2D eigenvalue weighted by molar-refractivity contribution is -0.150. The number of rotatable bonds is 7. The fraction of sp³-hybridized carbons (Fsp3) is 0.609. The van der Waals surface area contributed by atoms with Gasteiger partial charge in [-0.15, -0.1) is 0 Å². The Morgan fingerprint density at radius 2 is 2.17 bits per heavy atom. The first-order valence-corrected chi connectivity index (χ1v) is 11.1. The molecule has 0 aromatic carbocycles. The van der Waals surface area contributed by atoms with Crippen molar-refractivity contribution in [2.45, 2.75) is 44.5 Å². The summed E-state index contributed by atoms with van der Waals surface area (Å²) in [6, 6.07) is 3.69. The maximum atomic E-state index is 13.3. The van der Waals surface area contributed by atoms with Gasteiger partial charge in [-0.1, -0.05) is 38.8 Å². The number of hydrogen-bond acceptors (Lipinski definition) is 5. The second kappa shape index (κ2) is 7.38. The Bertz CT molecular complexity index is 849. The summed E-state index contributed by atoms with van der Waals surface area (Å²) in [5.74, 6) is 0.472. The second-order valence-electron chi connectivity index (χ2n) is 8.97. The number of carbonyl (C=O) groups excluding carboxylic acids is 2. The van der Waals surface area contributed by atoms with E-state index in [4.69, 9.17) is 9.47 Å². The van der Waals surface area contributed by atoms with Crippen molar-refractivity contribution in [3.05, 3.63) is 36.7 Å². The van der Waals surface area contributed by atoms with Gasteiger partial charge >= 0.3 is 0 Å². The van der Waals surface area contributed by atoms with Gasteiger partial charge in [-0.2, -0.15) is 0 Å². The molecule has 7 heteroatoms. The first kappa shape index (κ1) is 19.5. The molecule has 0 saturated carbocycles. The number of likely N-dealkylation sites (tertiary alicyclic amines) is 2. The van der Waals surface area contributed by atoms with Crippen molar-refractivity contribution in [2.75, 3.05) is 26.2 Å². The normalized spacial score (nSPS) is 32.1. The smallest absolute Gasteiger partial charge is 0.230 e. The van der Waals surface area contributed by atoms with Crippen LogP contribution < -0.4 is 4.74 Å². The van der Waals surface area contributed by atoms with Gasteiger partial charge in [0.2, 0.25) is 11.8 Å². The summed E-state index contributed by atoms with van der Waals surface area (Å²) in [6.07, 6.45) is 9.16. The molecule has 1 spiro atoms.